The first-order chi connectivity index (χ1) is 8.24. The van der Waals surface area contributed by atoms with E-state index in [-0.39, 0.29) is 0 Å². The van der Waals surface area contributed by atoms with Crippen LogP contribution in [0.1, 0.15) is 38.2 Å². The minimum Gasteiger partial charge on any atom is -0.492 e. The molecule has 1 atom stereocenters. The van der Waals surface area contributed by atoms with E-state index in [0.717, 1.165) is 37.0 Å². The Bertz CT molecular complexity index is 403. The SMILES string of the molecule is CCCOc1cncc(C2(O)C=CCCC2)c1. The molecule has 1 heterocycles. The van der Waals surface area contributed by atoms with Gasteiger partial charge in [0, 0.05) is 11.8 Å². The van der Waals surface area contributed by atoms with Crippen LogP contribution < -0.4 is 4.74 Å². The van der Waals surface area contributed by atoms with E-state index in [0.29, 0.717) is 6.61 Å². The standard InChI is InChI=1S/C14H19NO2/c1-2-8-17-13-9-12(10-15-11-13)14(16)6-4-3-5-7-14/h4,6,9-11,16H,2-3,5,7-8H2,1H3. The number of rotatable bonds is 4. The molecule has 92 valence electrons. The van der Waals surface area contributed by atoms with Crippen molar-refractivity contribution in [2.24, 2.45) is 0 Å². The van der Waals surface area contributed by atoms with Crippen LogP contribution in [0.4, 0.5) is 0 Å². The number of pyridine rings is 1. The highest BCUT2D eigenvalue weighted by molar-refractivity contribution is 5.32. The normalized spacial score (nSPS) is 23.6. The molecule has 0 amide bonds. The highest BCUT2D eigenvalue weighted by Gasteiger charge is 2.28. The maximum Gasteiger partial charge on any atom is 0.137 e. The van der Waals surface area contributed by atoms with E-state index < -0.39 is 5.60 Å². The summed E-state index contributed by atoms with van der Waals surface area (Å²) in [6.45, 7) is 2.74. The fourth-order valence-electron chi connectivity index (χ4n) is 2.05. The second-order valence-corrected chi connectivity index (χ2v) is 4.48. The zero-order valence-electron chi connectivity index (χ0n) is 10.2. The first-order valence-electron chi connectivity index (χ1n) is 6.23. The Labute approximate surface area is 102 Å². The monoisotopic (exact) mass is 233 g/mol. The lowest BCUT2D eigenvalue weighted by Crippen LogP contribution is -2.25. The largest absolute Gasteiger partial charge is 0.492 e. The van der Waals surface area contributed by atoms with Crippen molar-refractivity contribution in [2.45, 2.75) is 38.2 Å². The Kier molecular flexibility index (Phi) is 3.79. The third kappa shape index (κ3) is 2.86. The van der Waals surface area contributed by atoms with Gasteiger partial charge < -0.3 is 9.84 Å². The number of allylic oxidation sites excluding steroid dienone is 1. The van der Waals surface area contributed by atoms with E-state index in [1.165, 1.54) is 0 Å². The molecule has 0 saturated heterocycles. The van der Waals surface area contributed by atoms with Crippen LogP contribution in [-0.4, -0.2) is 16.7 Å². The highest BCUT2D eigenvalue weighted by atomic mass is 16.5. The molecule has 0 radical (unpaired) electrons. The summed E-state index contributed by atoms with van der Waals surface area (Å²) in [7, 11) is 0. The van der Waals surface area contributed by atoms with Crippen molar-refractivity contribution in [3.8, 4) is 5.75 Å². The highest BCUT2D eigenvalue weighted by Crippen LogP contribution is 2.33. The lowest BCUT2D eigenvalue weighted by molar-refractivity contribution is 0.0719. The summed E-state index contributed by atoms with van der Waals surface area (Å²) in [6.07, 6.45) is 11.1. The zero-order chi connectivity index (χ0) is 12.1. The first-order valence-corrected chi connectivity index (χ1v) is 6.23. The van der Waals surface area contributed by atoms with Crippen molar-refractivity contribution in [3.63, 3.8) is 0 Å². The van der Waals surface area contributed by atoms with Crippen molar-refractivity contribution in [2.75, 3.05) is 6.61 Å². The molecule has 3 nitrogen and oxygen atoms in total. The molecule has 1 N–H and O–H groups in total. The summed E-state index contributed by atoms with van der Waals surface area (Å²) in [5.74, 6) is 0.733. The molecule has 3 heteroatoms. The van der Waals surface area contributed by atoms with Gasteiger partial charge in [0.05, 0.1) is 12.8 Å². The predicted octanol–water partition coefficient (Wildman–Crippen LogP) is 2.80. The minimum atomic E-state index is -0.864. The quantitative estimate of drug-likeness (QED) is 0.813. The molecule has 1 unspecified atom stereocenters. The smallest absolute Gasteiger partial charge is 0.137 e. The van der Waals surface area contributed by atoms with Crippen molar-refractivity contribution < 1.29 is 9.84 Å². The van der Waals surface area contributed by atoms with Crippen LogP contribution in [0.25, 0.3) is 0 Å². The van der Waals surface area contributed by atoms with Gasteiger partial charge in [-0.25, -0.2) is 0 Å². The van der Waals surface area contributed by atoms with Crippen LogP contribution in [-0.2, 0) is 5.60 Å². The number of aromatic nitrogens is 1. The third-order valence-electron chi connectivity index (χ3n) is 3.01. The summed E-state index contributed by atoms with van der Waals surface area (Å²) in [5.41, 5.74) is -0.0429. The lowest BCUT2D eigenvalue weighted by atomic mass is 9.85. The number of hydrogen-bond donors (Lipinski definition) is 1. The summed E-state index contributed by atoms with van der Waals surface area (Å²) < 4.78 is 5.53. The van der Waals surface area contributed by atoms with E-state index >= 15 is 0 Å². The summed E-state index contributed by atoms with van der Waals surface area (Å²) in [4.78, 5) is 4.14. The molecule has 2 rings (SSSR count). The molecule has 1 aliphatic carbocycles. The van der Waals surface area contributed by atoms with Gasteiger partial charge >= 0.3 is 0 Å². The number of hydrogen-bond acceptors (Lipinski definition) is 3. The molecule has 0 aromatic carbocycles. The van der Waals surface area contributed by atoms with Gasteiger partial charge in [0.25, 0.3) is 0 Å². The summed E-state index contributed by atoms with van der Waals surface area (Å²) in [6, 6.07) is 1.89. The summed E-state index contributed by atoms with van der Waals surface area (Å²) in [5, 5.41) is 10.5. The van der Waals surface area contributed by atoms with Crippen LogP contribution in [0.5, 0.6) is 5.75 Å². The Hall–Kier alpha value is -1.35. The van der Waals surface area contributed by atoms with E-state index in [9.17, 15) is 5.11 Å². The van der Waals surface area contributed by atoms with Gasteiger partial charge in [0.2, 0.25) is 0 Å². The van der Waals surface area contributed by atoms with Gasteiger partial charge in [-0.3, -0.25) is 4.98 Å². The molecular weight excluding hydrogens is 214 g/mol. The Morgan fingerprint density at radius 1 is 1.47 bits per heavy atom. The first kappa shape index (κ1) is 12.1. The fourth-order valence-corrected chi connectivity index (χ4v) is 2.05. The Morgan fingerprint density at radius 2 is 2.35 bits per heavy atom. The van der Waals surface area contributed by atoms with Gasteiger partial charge in [0.1, 0.15) is 11.4 Å². The van der Waals surface area contributed by atoms with Crippen LogP contribution >= 0.6 is 0 Å². The average Bonchev–Trinajstić information content (AvgIpc) is 2.38. The molecule has 0 fully saturated rings. The topological polar surface area (TPSA) is 42.4 Å². The van der Waals surface area contributed by atoms with E-state index in [1.54, 1.807) is 12.4 Å². The molecule has 0 aliphatic heterocycles. The van der Waals surface area contributed by atoms with E-state index in [4.69, 9.17) is 4.74 Å². The second kappa shape index (κ2) is 5.32. The fraction of sp³-hybridized carbons (Fsp3) is 0.500. The number of nitrogens with zero attached hydrogens (tertiary/aromatic N) is 1. The van der Waals surface area contributed by atoms with Gasteiger partial charge in [-0.2, -0.15) is 0 Å². The Morgan fingerprint density at radius 3 is 3.06 bits per heavy atom. The van der Waals surface area contributed by atoms with Crippen molar-refractivity contribution in [3.05, 3.63) is 36.2 Å². The van der Waals surface area contributed by atoms with Crippen LogP contribution in [0.15, 0.2) is 30.6 Å². The van der Waals surface area contributed by atoms with Gasteiger partial charge in [0.15, 0.2) is 0 Å². The van der Waals surface area contributed by atoms with Crippen LogP contribution in [0, 0.1) is 0 Å². The molecule has 1 aromatic rings. The van der Waals surface area contributed by atoms with Crippen molar-refractivity contribution in [1.29, 1.82) is 0 Å². The third-order valence-corrected chi connectivity index (χ3v) is 3.01. The molecule has 0 bridgehead atoms. The molecule has 0 saturated carbocycles. The molecule has 1 aromatic heterocycles. The summed E-state index contributed by atoms with van der Waals surface area (Å²) >= 11 is 0. The average molecular weight is 233 g/mol. The number of aliphatic hydroxyl groups is 1. The maximum atomic E-state index is 10.5. The van der Waals surface area contributed by atoms with Gasteiger partial charge in [-0.05, 0) is 31.7 Å². The van der Waals surface area contributed by atoms with E-state index in [1.807, 2.05) is 18.2 Å². The molecule has 0 spiro atoms. The molecule has 17 heavy (non-hydrogen) atoms. The lowest BCUT2D eigenvalue weighted by Gasteiger charge is -2.27. The molecule has 1 aliphatic rings. The van der Waals surface area contributed by atoms with Crippen LogP contribution in [0.3, 0.4) is 0 Å². The number of ether oxygens (including phenoxy) is 1. The van der Waals surface area contributed by atoms with Gasteiger partial charge in [-0.15, -0.1) is 0 Å². The minimum absolute atomic E-state index is 0.680. The van der Waals surface area contributed by atoms with Gasteiger partial charge in [-0.1, -0.05) is 19.1 Å². The van der Waals surface area contributed by atoms with E-state index in [2.05, 4.69) is 11.9 Å². The van der Waals surface area contributed by atoms with Crippen molar-refractivity contribution >= 4 is 0 Å². The van der Waals surface area contributed by atoms with Crippen LogP contribution in [0.2, 0.25) is 0 Å². The Balaban J connectivity index is 2.20. The predicted molar refractivity (Wildman–Crippen MR) is 66.9 cm³/mol. The zero-order valence-corrected chi connectivity index (χ0v) is 10.2. The molecular formula is C14H19NO2. The maximum absolute atomic E-state index is 10.5. The second-order valence-electron chi connectivity index (χ2n) is 4.48. The van der Waals surface area contributed by atoms with Crippen molar-refractivity contribution in [1.82, 2.24) is 4.98 Å².